The van der Waals surface area contributed by atoms with Crippen LogP contribution in [0.2, 0.25) is 10.0 Å². The molecule has 30 heavy (non-hydrogen) atoms. The van der Waals surface area contributed by atoms with Gasteiger partial charge in [0.15, 0.2) is 0 Å². The van der Waals surface area contributed by atoms with Crippen LogP contribution in [0.25, 0.3) is 0 Å². The summed E-state index contributed by atoms with van der Waals surface area (Å²) in [5.41, 5.74) is 2.77. The van der Waals surface area contributed by atoms with Gasteiger partial charge in [-0.25, -0.2) is 0 Å². The predicted molar refractivity (Wildman–Crippen MR) is 124 cm³/mol. The Morgan fingerprint density at radius 3 is 2.43 bits per heavy atom. The molecule has 0 aliphatic heterocycles. The van der Waals surface area contributed by atoms with Crippen LogP contribution in [0.4, 0.5) is 0 Å². The van der Waals surface area contributed by atoms with Gasteiger partial charge in [-0.15, -0.1) is 0 Å². The first kappa shape index (κ1) is 24.2. The molecular formula is C24H30Cl2N2O2. The van der Waals surface area contributed by atoms with Gasteiger partial charge in [-0.2, -0.15) is 0 Å². The third-order valence-corrected chi connectivity index (χ3v) is 5.76. The molecule has 0 radical (unpaired) electrons. The lowest BCUT2D eigenvalue weighted by Gasteiger charge is -2.31. The summed E-state index contributed by atoms with van der Waals surface area (Å²) in [7, 11) is 0. The SMILES string of the molecule is CCCCNC(=O)[C@H](CC)N(Cc1ccc(Cl)cc1Cl)C(=O)Cc1ccccc1C. The first-order valence-electron chi connectivity index (χ1n) is 10.4. The lowest BCUT2D eigenvalue weighted by molar-refractivity contribution is -0.140. The molecule has 4 nitrogen and oxygen atoms in total. The molecule has 2 rings (SSSR count). The number of amides is 2. The molecule has 0 saturated carbocycles. The molecule has 1 N–H and O–H groups in total. The third-order valence-electron chi connectivity index (χ3n) is 5.17. The predicted octanol–water partition coefficient (Wildman–Crippen LogP) is 5.57. The summed E-state index contributed by atoms with van der Waals surface area (Å²) in [6, 6.07) is 12.4. The average Bonchev–Trinajstić information content (AvgIpc) is 2.71. The van der Waals surface area contributed by atoms with Crippen molar-refractivity contribution < 1.29 is 9.59 Å². The van der Waals surface area contributed by atoms with Crippen molar-refractivity contribution in [2.45, 2.75) is 59.0 Å². The summed E-state index contributed by atoms with van der Waals surface area (Å²) < 4.78 is 0. The van der Waals surface area contributed by atoms with Gasteiger partial charge in [-0.05, 0) is 48.6 Å². The van der Waals surface area contributed by atoms with E-state index in [1.54, 1.807) is 23.1 Å². The van der Waals surface area contributed by atoms with E-state index < -0.39 is 6.04 Å². The van der Waals surface area contributed by atoms with Crippen molar-refractivity contribution >= 4 is 35.0 Å². The highest BCUT2D eigenvalue weighted by Gasteiger charge is 2.29. The normalized spacial score (nSPS) is 11.8. The number of nitrogens with zero attached hydrogens (tertiary/aromatic N) is 1. The maximum Gasteiger partial charge on any atom is 0.242 e. The Morgan fingerprint density at radius 1 is 1.07 bits per heavy atom. The number of nitrogens with one attached hydrogen (secondary N) is 1. The van der Waals surface area contributed by atoms with E-state index in [4.69, 9.17) is 23.2 Å². The van der Waals surface area contributed by atoms with E-state index in [0.29, 0.717) is 23.0 Å². The van der Waals surface area contributed by atoms with Crippen LogP contribution in [0.3, 0.4) is 0 Å². The lowest BCUT2D eigenvalue weighted by Crippen LogP contribution is -2.49. The average molecular weight is 449 g/mol. The third kappa shape index (κ3) is 6.75. The van der Waals surface area contributed by atoms with Crippen molar-refractivity contribution in [1.29, 1.82) is 0 Å². The van der Waals surface area contributed by atoms with Crippen molar-refractivity contribution in [3.8, 4) is 0 Å². The van der Waals surface area contributed by atoms with Gasteiger partial charge < -0.3 is 10.2 Å². The van der Waals surface area contributed by atoms with Gasteiger partial charge in [-0.3, -0.25) is 9.59 Å². The number of hydrogen-bond donors (Lipinski definition) is 1. The fourth-order valence-corrected chi connectivity index (χ4v) is 3.80. The van der Waals surface area contributed by atoms with Crippen LogP contribution < -0.4 is 5.32 Å². The molecule has 2 aromatic carbocycles. The minimum atomic E-state index is -0.565. The molecule has 162 valence electrons. The minimum Gasteiger partial charge on any atom is -0.354 e. The van der Waals surface area contributed by atoms with Gasteiger partial charge in [0.2, 0.25) is 11.8 Å². The zero-order valence-corrected chi connectivity index (χ0v) is 19.4. The molecule has 2 amide bonds. The second-order valence-corrected chi connectivity index (χ2v) is 8.27. The monoisotopic (exact) mass is 448 g/mol. The number of aryl methyl sites for hydroxylation is 1. The van der Waals surface area contributed by atoms with Crippen LogP contribution in [0, 0.1) is 6.92 Å². The highest BCUT2D eigenvalue weighted by molar-refractivity contribution is 6.35. The molecule has 0 heterocycles. The first-order valence-corrected chi connectivity index (χ1v) is 11.2. The number of carbonyl (C=O) groups is 2. The van der Waals surface area contributed by atoms with E-state index in [0.717, 1.165) is 29.5 Å². The van der Waals surface area contributed by atoms with Gasteiger partial charge in [0.1, 0.15) is 6.04 Å². The fraction of sp³-hybridized carbons (Fsp3) is 0.417. The molecule has 0 saturated heterocycles. The fourth-order valence-electron chi connectivity index (χ4n) is 3.33. The van der Waals surface area contributed by atoms with Gasteiger partial charge >= 0.3 is 0 Å². The number of hydrogen-bond acceptors (Lipinski definition) is 2. The van der Waals surface area contributed by atoms with Crippen LogP contribution in [-0.2, 0) is 22.6 Å². The topological polar surface area (TPSA) is 49.4 Å². The molecule has 0 bridgehead atoms. The standard InChI is InChI=1S/C24H30Cl2N2O2/c1-4-6-13-27-24(30)22(5-2)28(16-19-11-12-20(25)15-21(19)26)23(29)14-18-10-8-7-9-17(18)3/h7-12,15,22H,4-6,13-14,16H2,1-3H3,(H,27,30)/t22-/m0/s1. The summed E-state index contributed by atoms with van der Waals surface area (Å²) in [5.74, 6) is -0.234. The van der Waals surface area contributed by atoms with E-state index >= 15 is 0 Å². The molecule has 0 aliphatic carbocycles. The van der Waals surface area contributed by atoms with Crippen molar-refractivity contribution in [1.82, 2.24) is 10.2 Å². The molecule has 2 aromatic rings. The number of benzene rings is 2. The Labute approximate surface area is 189 Å². The molecule has 0 aliphatic rings. The summed E-state index contributed by atoms with van der Waals surface area (Å²) >= 11 is 12.4. The van der Waals surface area contributed by atoms with E-state index in [-0.39, 0.29) is 24.8 Å². The van der Waals surface area contributed by atoms with Crippen molar-refractivity contribution in [3.05, 3.63) is 69.2 Å². The van der Waals surface area contributed by atoms with Crippen LogP contribution >= 0.6 is 23.2 Å². The zero-order chi connectivity index (χ0) is 22.1. The van der Waals surface area contributed by atoms with Crippen molar-refractivity contribution in [2.24, 2.45) is 0 Å². The largest absolute Gasteiger partial charge is 0.354 e. The molecule has 6 heteroatoms. The second-order valence-electron chi connectivity index (χ2n) is 7.43. The zero-order valence-electron chi connectivity index (χ0n) is 17.9. The van der Waals surface area contributed by atoms with Crippen LogP contribution in [-0.4, -0.2) is 29.3 Å². The Hall–Kier alpha value is -2.04. The smallest absolute Gasteiger partial charge is 0.242 e. The van der Waals surface area contributed by atoms with Gasteiger partial charge in [-0.1, -0.05) is 73.8 Å². The van der Waals surface area contributed by atoms with E-state index in [9.17, 15) is 9.59 Å². The first-order chi connectivity index (χ1) is 14.4. The molecule has 0 spiro atoms. The Kier molecular flexibility index (Phi) is 9.67. The summed E-state index contributed by atoms with van der Waals surface area (Å²) in [6.07, 6.45) is 2.65. The molecule has 1 atom stereocenters. The summed E-state index contributed by atoms with van der Waals surface area (Å²) in [5, 5.41) is 3.98. The molecular weight excluding hydrogens is 419 g/mol. The number of halogens is 2. The van der Waals surface area contributed by atoms with E-state index in [1.165, 1.54) is 0 Å². The van der Waals surface area contributed by atoms with Crippen LogP contribution in [0.15, 0.2) is 42.5 Å². The second kappa shape index (κ2) is 12.0. The summed E-state index contributed by atoms with van der Waals surface area (Å²) in [4.78, 5) is 27.9. The Morgan fingerprint density at radius 2 is 1.80 bits per heavy atom. The Bertz CT molecular complexity index is 870. The maximum atomic E-state index is 13.4. The van der Waals surface area contributed by atoms with Crippen LogP contribution in [0.5, 0.6) is 0 Å². The minimum absolute atomic E-state index is 0.104. The lowest BCUT2D eigenvalue weighted by atomic mass is 10.0. The summed E-state index contributed by atoms with van der Waals surface area (Å²) in [6.45, 7) is 6.83. The van der Waals surface area contributed by atoms with Crippen molar-refractivity contribution in [3.63, 3.8) is 0 Å². The van der Waals surface area contributed by atoms with E-state index in [2.05, 4.69) is 12.2 Å². The quantitative estimate of drug-likeness (QED) is 0.483. The van der Waals surface area contributed by atoms with Gasteiger partial charge in [0.05, 0.1) is 6.42 Å². The molecule has 0 unspecified atom stereocenters. The Balaban J connectivity index is 2.30. The number of unbranched alkanes of at least 4 members (excludes halogenated alkanes) is 1. The maximum absolute atomic E-state index is 13.4. The highest BCUT2D eigenvalue weighted by atomic mass is 35.5. The van der Waals surface area contributed by atoms with Gasteiger partial charge in [0.25, 0.3) is 0 Å². The highest BCUT2D eigenvalue weighted by Crippen LogP contribution is 2.24. The van der Waals surface area contributed by atoms with Crippen LogP contribution in [0.1, 0.15) is 49.8 Å². The van der Waals surface area contributed by atoms with Gasteiger partial charge in [0, 0.05) is 23.1 Å². The molecule has 0 aromatic heterocycles. The van der Waals surface area contributed by atoms with Crippen molar-refractivity contribution in [2.75, 3.05) is 6.54 Å². The molecule has 0 fully saturated rings. The van der Waals surface area contributed by atoms with E-state index in [1.807, 2.05) is 38.1 Å². The number of carbonyl (C=O) groups excluding carboxylic acids is 2. The number of rotatable bonds is 10.